The summed E-state index contributed by atoms with van der Waals surface area (Å²) in [6.07, 6.45) is 4.46. The molecule has 2 rings (SSSR count). The summed E-state index contributed by atoms with van der Waals surface area (Å²) in [6, 6.07) is 4.63. The molecule has 17 heavy (non-hydrogen) atoms. The van der Waals surface area contributed by atoms with E-state index in [4.69, 9.17) is 0 Å². The second-order valence-corrected chi connectivity index (χ2v) is 3.55. The number of carbonyl (C=O) groups is 1. The van der Waals surface area contributed by atoms with Crippen LogP contribution in [-0.2, 0) is 0 Å². The fraction of sp³-hybridized carbons (Fsp3) is 0.0833. The first-order chi connectivity index (χ1) is 8.16. The number of halogens is 1. The molecule has 1 amide bonds. The molecule has 0 atom stereocenters. The molecule has 0 aromatic carbocycles. The zero-order valence-corrected chi connectivity index (χ0v) is 9.14. The molecule has 0 saturated carbocycles. The first kappa shape index (κ1) is 11.2. The summed E-state index contributed by atoms with van der Waals surface area (Å²) < 4.78 is 13.2. The van der Waals surface area contributed by atoms with E-state index in [-0.39, 0.29) is 5.56 Å². The topological polar surface area (TPSA) is 54.9 Å². The minimum Gasteiger partial charge on any atom is -0.320 e. The summed E-state index contributed by atoms with van der Waals surface area (Å²) in [4.78, 5) is 19.1. The number of anilines is 1. The number of hydrogen-bond donors (Lipinski definition) is 1. The second-order valence-electron chi connectivity index (χ2n) is 3.55. The van der Waals surface area contributed by atoms with Crippen molar-refractivity contribution < 1.29 is 9.18 Å². The Kier molecular flexibility index (Phi) is 3.09. The van der Waals surface area contributed by atoms with Gasteiger partial charge in [0, 0.05) is 12.4 Å². The Hall–Kier alpha value is -2.30. The number of hydrogen-bond acceptors (Lipinski definition) is 3. The average Bonchev–Trinajstić information content (AvgIpc) is 2.29. The Balaban J connectivity index is 2.20. The maximum Gasteiger partial charge on any atom is 0.260 e. The normalized spacial score (nSPS) is 10.0. The minimum atomic E-state index is -0.786. The van der Waals surface area contributed by atoms with Crippen LogP contribution in [0.1, 0.15) is 15.9 Å². The third-order valence-electron chi connectivity index (χ3n) is 2.14. The highest BCUT2D eigenvalue weighted by atomic mass is 19.1. The number of amides is 1. The van der Waals surface area contributed by atoms with Crippen LogP contribution in [0.5, 0.6) is 0 Å². The number of nitrogens with zero attached hydrogens (tertiary/aromatic N) is 2. The van der Waals surface area contributed by atoms with E-state index in [9.17, 15) is 9.18 Å². The molecule has 0 saturated heterocycles. The molecule has 0 aliphatic carbocycles. The molecule has 1 N–H and O–H groups in total. The van der Waals surface area contributed by atoms with Crippen LogP contribution in [0.25, 0.3) is 0 Å². The Morgan fingerprint density at radius 1 is 1.41 bits per heavy atom. The van der Waals surface area contributed by atoms with Crippen LogP contribution in [-0.4, -0.2) is 15.9 Å². The quantitative estimate of drug-likeness (QED) is 0.806. The Bertz CT molecular complexity index is 557. The zero-order valence-electron chi connectivity index (χ0n) is 9.14. The maximum absolute atomic E-state index is 13.2. The van der Waals surface area contributed by atoms with Gasteiger partial charge in [-0.05, 0) is 30.7 Å². The SMILES string of the molecule is Cc1cncc(NC(=O)c2cccnc2F)c1. The summed E-state index contributed by atoms with van der Waals surface area (Å²) in [7, 11) is 0. The van der Waals surface area contributed by atoms with Crippen molar-refractivity contribution >= 4 is 11.6 Å². The van der Waals surface area contributed by atoms with Gasteiger partial charge in [-0.25, -0.2) is 4.98 Å². The minimum absolute atomic E-state index is 0.0889. The van der Waals surface area contributed by atoms with E-state index in [1.54, 1.807) is 12.3 Å². The smallest absolute Gasteiger partial charge is 0.260 e. The predicted octanol–water partition coefficient (Wildman–Crippen LogP) is 2.18. The molecule has 86 valence electrons. The Labute approximate surface area is 97.5 Å². The van der Waals surface area contributed by atoms with Gasteiger partial charge >= 0.3 is 0 Å². The van der Waals surface area contributed by atoms with Gasteiger partial charge < -0.3 is 5.32 Å². The van der Waals surface area contributed by atoms with Gasteiger partial charge in [-0.1, -0.05) is 0 Å². The number of pyridine rings is 2. The average molecular weight is 231 g/mol. The summed E-state index contributed by atoms with van der Waals surface area (Å²) in [6.45, 7) is 1.85. The van der Waals surface area contributed by atoms with Gasteiger partial charge in [0.05, 0.1) is 17.4 Å². The third kappa shape index (κ3) is 2.63. The van der Waals surface area contributed by atoms with Gasteiger partial charge in [0.15, 0.2) is 0 Å². The van der Waals surface area contributed by atoms with Crippen molar-refractivity contribution in [3.05, 3.63) is 53.9 Å². The van der Waals surface area contributed by atoms with Crippen LogP contribution in [0.3, 0.4) is 0 Å². The van der Waals surface area contributed by atoms with E-state index in [1.807, 2.05) is 6.92 Å². The first-order valence-corrected chi connectivity index (χ1v) is 5.00. The van der Waals surface area contributed by atoms with Gasteiger partial charge in [-0.15, -0.1) is 0 Å². The molecular formula is C12H10FN3O. The highest BCUT2D eigenvalue weighted by molar-refractivity contribution is 6.04. The summed E-state index contributed by atoms with van der Waals surface area (Å²) in [5, 5.41) is 2.56. The molecule has 5 heteroatoms. The van der Waals surface area contributed by atoms with Gasteiger partial charge in [-0.2, -0.15) is 4.39 Å². The number of aryl methyl sites for hydroxylation is 1. The van der Waals surface area contributed by atoms with Crippen molar-refractivity contribution in [2.75, 3.05) is 5.32 Å². The number of carbonyl (C=O) groups excluding carboxylic acids is 1. The van der Waals surface area contributed by atoms with Crippen molar-refractivity contribution in [1.82, 2.24) is 9.97 Å². The van der Waals surface area contributed by atoms with E-state index in [0.29, 0.717) is 5.69 Å². The molecule has 0 radical (unpaired) electrons. The molecule has 2 heterocycles. The summed E-state index contributed by atoms with van der Waals surface area (Å²) >= 11 is 0. The lowest BCUT2D eigenvalue weighted by molar-refractivity contribution is 0.102. The lowest BCUT2D eigenvalue weighted by Crippen LogP contribution is -2.14. The van der Waals surface area contributed by atoms with Crippen molar-refractivity contribution in [1.29, 1.82) is 0 Å². The van der Waals surface area contributed by atoms with E-state index in [0.717, 1.165) is 5.56 Å². The molecule has 0 aliphatic rings. The third-order valence-corrected chi connectivity index (χ3v) is 2.14. The molecule has 0 aliphatic heterocycles. The van der Waals surface area contributed by atoms with Crippen LogP contribution in [0, 0.1) is 12.9 Å². The summed E-state index contributed by atoms with van der Waals surface area (Å²) in [5.41, 5.74) is 1.35. The van der Waals surface area contributed by atoms with Gasteiger partial charge in [0.1, 0.15) is 0 Å². The monoisotopic (exact) mass is 231 g/mol. The Morgan fingerprint density at radius 2 is 2.24 bits per heavy atom. The number of aromatic nitrogens is 2. The lowest BCUT2D eigenvalue weighted by Gasteiger charge is -2.05. The highest BCUT2D eigenvalue weighted by Gasteiger charge is 2.11. The second kappa shape index (κ2) is 4.69. The van der Waals surface area contributed by atoms with E-state index >= 15 is 0 Å². The maximum atomic E-state index is 13.2. The number of rotatable bonds is 2. The van der Waals surface area contributed by atoms with Gasteiger partial charge in [0.25, 0.3) is 5.91 Å². The van der Waals surface area contributed by atoms with Crippen LogP contribution in [0.2, 0.25) is 0 Å². The van der Waals surface area contributed by atoms with Crippen molar-refractivity contribution in [2.45, 2.75) is 6.92 Å². The molecule has 0 bridgehead atoms. The molecule has 2 aromatic heterocycles. The molecule has 0 unspecified atom stereocenters. The van der Waals surface area contributed by atoms with Gasteiger partial charge in [0.2, 0.25) is 5.95 Å². The molecular weight excluding hydrogens is 221 g/mol. The van der Waals surface area contributed by atoms with Crippen LogP contribution in [0.15, 0.2) is 36.8 Å². The van der Waals surface area contributed by atoms with E-state index in [1.165, 1.54) is 24.5 Å². The van der Waals surface area contributed by atoms with Crippen LogP contribution < -0.4 is 5.32 Å². The Morgan fingerprint density at radius 3 is 2.94 bits per heavy atom. The van der Waals surface area contributed by atoms with E-state index < -0.39 is 11.9 Å². The zero-order chi connectivity index (χ0) is 12.3. The van der Waals surface area contributed by atoms with Crippen LogP contribution in [0.4, 0.5) is 10.1 Å². The summed E-state index contributed by atoms with van der Waals surface area (Å²) in [5.74, 6) is -1.33. The van der Waals surface area contributed by atoms with Crippen molar-refractivity contribution in [3.63, 3.8) is 0 Å². The van der Waals surface area contributed by atoms with Crippen LogP contribution >= 0.6 is 0 Å². The standard InChI is InChI=1S/C12H10FN3O/c1-8-5-9(7-14-6-8)16-12(17)10-3-2-4-15-11(10)13/h2-7H,1H3,(H,16,17). The first-order valence-electron chi connectivity index (χ1n) is 5.00. The van der Waals surface area contributed by atoms with Crippen molar-refractivity contribution in [3.8, 4) is 0 Å². The van der Waals surface area contributed by atoms with Crippen molar-refractivity contribution in [2.24, 2.45) is 0 Å². The molecule has 0 spiro atoms. The predicted molar refractivity (Wildman–Crippen MR) is 61.1 cm³/mol. The molecule has 0 fully saturated rings. The fourth-order valence-corrected chi connectivity index (χ4v) is 1.38. The lowest BCUT2D eigenvalue weighted by atomic mass is 10.2. The molecule has 2 aromatic rings. The fourth-order valence-electron chi connectivity index (χ4n) is 1.38. The largest absolute Gasteiger partial charge is 0.320 e. The molecule has 4 nitrogen and oxygen atoms in total. The number of nitrogens with one attached hydrogen (secondary N) is 1. The van der Waals surface area contributed by atoms with Gasteiger partial charge in [-0.3, -0.25) is 9.78 Å². The van der Waals surface area contributed by atoms with E-state index in [2.05, 4.69) is 15.3 Å². The highest BCUT2D eigenvalue weighted by Crippen LogP contribution is 2.10.